The fourth-order valence-electron chi connectivity index (χ4n) is 1.50. The van der Waals surface area contributed by atoms with Gasteiger partial charge in [-0.15, -0.1) is 5.10 Å². The van der Waals surface area contributed by atoms with Gasteiger partial charge in [-0.05, 0) is 12.8 Å². The van der Waals surface area contributed by atoms with Crippen LogP contribution in [0.4, 0.5) is 0 Å². The summed E-state index contributed by atoms with van der Waals surface area (Å²) < 4.78 is 1.69. The number of aromatic nitrogens is 3. The summed E-state index contributed by atoms with van der Waals surface area (Å²) in [6.07, 6.45) is 4.17. The fraction of sp³-hybridized carbons (Fsp3) is 0.778. The highest BCUT2D eigenvalue weighted by Gasteiger charge is 2.41. The van der Waals surface area contributed by atoms with Gasteiger partial charge in [-0.2, -0.15) is 0 Å². The van der Waals surface area contributed by atoms with Gasteiger partial charge in [0, 0.05) is 38.4 Å². The third kappa shape index (κ3) is 2.10. The first-order valence-electron chi connectivity index (χ1n) is 4.91. The zero-order valence-electron chi connectivity index (χ0n) is 8.40. The van der Waals surface area contributed by atoms with Gasteiger partial charge < -0.3 is 10.4 Å². The van der Waals surface area contributed by atoms with Gasteiger partial charge in [0.2, 0.25) is 0 Å². The Hall–Kier alpha value is -0.940. The lowest BCUT2D eigenvalue weighted by Crippen LogP contribution is -2.26. The summed E-state index contributed by atoms with van der Waals surface area (Å²) in [7, 11) is 1.85. The smallest absolute Gasteiger partial charge is 0.0964 e. The van der Waals surface area contributed by atoms with Crippen molar-refractivity contribution in [2.45, 2.75) is 19.4 Å². The Kier molecular flexibility index (Phi) is 2.52. The third-order valence-corrected chi connectivity index (χ3v) is 2.75. The number of hydrogen-bond donors (Lipinski definition) is 2. The molecule has 5 nitrogen and oxygen atoms in total. The fourth-order valence-corrected chi connectivity index (χ4v) is 1.50. The molecule has 0 aliphatic heterocycles. The van der Waals surface area contributed by atoms with Gasteiger partial charge in [0.25, 0.3) is 0 Å². The molecule has 1 aromatic rings. The first-order valence-corrected chi connectivity index (χ1v) is 4.91. The van der Waals surface area contributed by atoms with E-state index >= 15 is 0 Å². The molecule has 1 aromatic heterocycles. The van der Waals surface area contributed by atoms with Crippen LogP contribution in [-0.4, -0.2) is 33.3 Å². The molecule has 14 heavy (non-hydrogen) atoms. The Morgan fingerprint density at radius 3 is 2.93 bits per heavy atom. The quantitative estimate of drug-likeness (QED) is 0.677. The van der Waals surface area contributed by atoms with Crippen molar-refractivity contribution in [2.75, 3.05) is 13.2 Å². The highest BCUT2D eigenvalue weighted by Crippen LogP contribution is 2.44. The highest BCUT2D eigenvalue weighted by atomic mass is 16.3. The second-order valence-electron chi connectivity index (χ2n) is 4.15. The lowest BCUT2D eigenvalue weighted by atomic mass is 10.1. The summed E-state index contributed by atoms with van der Waals surface area (Å²) in [5.74, 6) is 0. The minimum absolute atomic E-state index is 0.169. The zero-order valence-corrected chi connectivity index (χ0v) is 8.40. The van der Waals surface area contributed by atoms with Gasteiger partial charge >= 0.3 is 0 Å². The van der Waals surface area contributed by atoms with E-state index in [0.29, 0.717) is 6.61 Å². The van der Waals surface area contributed by atoms with Crippen molar-refractivity contribution in [2.24, 2.45) is 12.5 Å². The van der Waals surface area contributed by atoms with Crippen LogP contribution in [0, 0.1) is 5.41 Å². The van der Waals surface area contributed by atoms with Gasteiger partial charge in [-0.25, -0.2) is 0 Å². The van der Waals surface area contributed by atoms with Gasteiger partial charge in [0.1, 0.15) is 0 Å². The van der Waals surface area contributed by atoms with Crippen molar-refractivity contribution in [3.05, 3.63) is 11.9 Å². The predicted molar refractivity (Wildman–Crippen MR) is 51.5 cm³/mol. The Morgan fingerprint density at radius 2 is 2.43 bits per heavy atom. The highest BCUT2D eigenvalue weighted by molar-refractivity contribution is 4.96. The lowest BCUT2D eigenvalue weighted by molar-refractivity contribution is 0.207. The van der Waals surface area contributed by atoms with E-state index in [0.717, 1.165) is 31.6 Å². The molecule has 0 radical (unpaired) electrons. The van der Waals surface area contributed by atoms with E-state index in [-0.39, 0.29) is 5.41 Å². The number of nitrogens with one attached hydrogen (secondary N) is 1. The van der Waals surface area contributed by atoms with E-state index in [1.54, 1.807) is 4.68 Å². The maximum Gasteiger partial charge on any atom is 0.0964 e. The topological polar surface area (TPSA) is 63.0 Å². The summed E-state index contributed by atoms with van der Waals surface area (Å²) in [5.41, 5.74) is 1.11. The molecular formula is C9H16N4O. The molecule has 2 N–H and O–H groups in total. The largest absolute Gasteiger partial charge is 0.396 e. The SMILES string of the molecule is Cn1cc(CNCC2(CO)CC2)nn1. The molecule has 1 aliphatic carbocycles. The summed E-state index contributed by atoms with van der Waals surface area (Å²) in [4.78, 5) is 0. The second-order valence-corrected chi connectivity index (χ2v) is 4.15. The van der Waals surface area contributed by atoms with Crippen molar-refractivity contribution in [1.29, 1.82) is 0 Å². The van der Waals surface area contributed by atoms with Crippen molar-refractivity contribution in [3.63, 3.8) is 0 Å². The predicted octanol–water partition coefficient (Wildman–Crippen LogP) is -0.323. The zero-order chi connectivity index (χ0) is 10.0. The molecule has 5 heteroatoms. The third-order valence-electron chi connectivity index (χ3n) is 2.75. The van der Waals surface area contributed by atoms with E-state index in [2.05, 4.69) is 15.6 Å². The number of hydrogen-bond acceptors (Lipinski definition) is 4. The van der Waals surface area contributed by atoms with Crippen LogP contribution in [0.2, 0.25) is 0 Å². The van der Waals surface area contributed by atoms with Crippen molar-refractivity contribution < 1.29 is 5.11 Å². The molecule has 0 atom stereocenters. The van der Waals surface area contributed by atoms with Crippen molar-refractivity contribution in [1.82, 2.24) is 20.3 Å². The number of aliphatic hydroxyl groups is 1. The van der Waals surface area contributed by atoms with Crippen LogP contribution in [0.25, 0.3) is 0 Å². The number of aryl methyl sites for hydroxylation is 1. The average molecular weight is 196 g/mol. The van der Waals surface area contributed by atoms with Crippen LogP contribution in [0.3, 0.4) is 0 Å². The minimum atomic E-state index is 0.169. The summed E-state index contributed by atoms with van der Waals surface area (Å²) >= 11 is 0. The number of aliphatic hydroxyl groups excluding tert-OH is 1. The van der Waals surface area contributed by atoms with Crippen LogP contribution in [0.5, 0.6) is 0 Å². The molecule has 0 saturated heterocycles. The Bertz CT molecular complexity index is 306. The average Bonchev–Trinajstić information content (AvgIpc) is 2.84. The number of rotatable bonds is 5. The first kappa shape index (κ1) is 9.61. The summed E-state index contributed by atoms with van der Waals surface area (Å²) in [6.45, 7) is 1.90. The molecule has 1 aliphatic rings. The van der Waals surface area contributed by atoms with E-state index in [1.807, 2.05) is 13.2 Å². The van der Waals surface area contributed by atoms with E-state index in [4.69, 9.17) is 5.11 Å². The molecule has 1 fully saturated rings. The van der Waals surface area contributed by atoms with Crippen molar-refractivity contribution in [3.8, 4) is 0 Å². The Labute approximate surface area is 83.1 Å². The molecular weight excluding hydrogens is 180 g/mol. The lowest BCUT2D eigenvalue weighted by Gasteiger charge is -2.11. The van der Waals surface area contributed by atoms with E-state index in [9.17, 15) is 0 Å². The molecule has 0 aromatic carbocycles. The Balaban J connectivity index is 1.73. The monoisotopic (exact) mass is 196 g/mol. The van der Waals surface area contributed by atoms with Crippen LogP contribution >= 0.6 is 0 Å². The number of nitrogens with zero attached hydrogens (tertiary/aromatic N) is 3. The van der Waals surface area contributed by atoms with Crippen molar-refractivity contribution >= 4 is 0 Å². The van der Waals surface area contributed by atoms with Crippen LogP contribution in [0.15, 0.2) is 6.20 Å². The Morgan fingerprint density at radius 1 is 1.64 bits per heavy atom. The summed E-state index contributed by atoms with van der Waals surface area (Å²) in [5, 5.41) is 20.2. The molecule has 0 amide bonds. The van der Waals surface area contributed by atoms with Crippen LogP contribution in [0.1, 0.15) is 18.5 Å². The maximum absolute atomic E-state index is 9.09. The van der Waals surface area contributed by atoms with Gasteiger partial charge in [0.15, 0.2) is 0 Å². The second kappa shape index (κ2) is 3.67. The standard InChI is InChI=1S/C9H16N4O/c1-13-5-8(11-12-13)4-10-6-9(7-14)2-3-9/h5,10,14H,2-4,6-7H2,1H3. The van der Waals surface area contributed by atoms with Gasteiger partial charge in [-0.1, -0.05) is 5.21 Å². The molecule has 0 bridgehead atoms. The van der Waals surface area contributed by atoms with E-state index < -0.39 is 0 Å². The normalized spacial score (nSPS) is 18.4. The molecule has 1 heterocycles. The van der Waals surface area contributed by atoms with Gasteiger partial charge in [-0.3, -0.25) is 4.68 Å². The first-order chi connectivity index (χ1) is 6.74. The molecule has 0 unspecified atom stereocenters. The summed E-state index contributed by atoms with van der Waals surface area (Å²) in [6, 6.07) is 0. The van der Waals surface area contributed by atoms with Crippen LogP contribution in [-0.2, 0) is 13.6 Å². The molecule has 2 rings (SSSR count). The van der Waals surface area contributed by atoms with E-state index in [1.165, 1.54) is 0 Å². The molecule has 78 valence electrons. The van der Waals surface area contributed by atoms with Crippen LogP contribution < -0.4 is 5.32 Å². The molecule has 1 saturated carbocycles. The van der Waals surface area contributed by atoms with Gasteiger partial charge in [0.05, 0.1) is 5.69 Å². The maximum atomic E-state index is 9.09. The molecule has 0 spiro atoms. The minimum Gasteiger partial charge on any atom is -0.396 e.